The van der Waals surface area contributed by atoms with Crippen LogP contribution < -0.4 is 27.8 Å². The molecule has 1 heterocycles. The molecule has 3 aromatic carbocycles. The van der Waals surface area contributed by atoms with Gasteiger partial charge in [-0.15, -0.1) is 0 Å². The molecule has 0 saturated carbocycles. The number of hydrogen-bond donors (Lipinski definition) is 6. The first-order valence-electron chi connectivity index (χ1n) is 18.2. The maximum Gasteiger partial charge on any atom is 0.333 e. The molecule has 15 heteroatoms. The molecule has 1 fully saturated rings. The fourth-order valence-corrected chi connectivity index (χ4v) is 8.70. The molecule has 0 radical (unpaired) electrons. The number of amides is 2. The average Bonchev–Trinajstić information content (AvgIpc) is 3.80. The molecule has 0 spiro atoms. The summed E-state index contributed by atoms with van der Waals surface area (Å²) in [6.07, 6.45) is 4.07. The number of nitrogens with one attached hydrogen (secondary N) is 2. The Balaban J connectivity index is 0.000000324. The Labute approximate surface area is 316 Å². The maximum atomic E-state index is 14.0. The number of aliphatic carboxylic acids is 1. The van der Waals surface area contributed by atoms with Crippen molar-refractivity contribution >= 4 is 37.1 Å². The third kappa shape index (κ3) is 13.1. The lowest BCUT2D eigenvalue weighted by Crippen LogP contribution is -2.47. The highest BCUT2D eigenvalue weighted by Crippen LogP contribution is 2.54. The lowest BCUT2D eigenvalue weighted by atomic mass is 10.1. The fourth-order valence-electron chi connectivity index (χ4n) is 6.48. The van der Waals surface area contributed by atoms with E-state index in [0.717, 1.165) is 30.4 Å². The van der Waals surface area contributed by atoms with Gasteiger partial charge in [0.25, 0.3) is 7.37 Å². The number of rotatable bonds is 16. The van der Waals surface area contributed by atoms with Crippen molar-refractivity contribution in [2.75, 3.05) is 19.6 Å². The van der Waals surface area contributed by atoms with Crippen molar-refractivity contribution in [3.05, 3.63) is 107 Å². The highest BCUT2D eigenvalue weighted by molar-refractivity contribution is 7.57. The first-order valence-corrected chi connectivity index (χ1v) is 20.2. The van der Waals surface area contributed by atoms with E-state index in [1.165, 1.54) is 18.1 Å². The van der Waals surface area contributed by atoms with Gasteiger partial charge in [-0.2, -0.15) is 0 Å². The van der Waals surface area contributed by atoms with Crippen molar-refractivity contribution in [3.63, 3.8) is 0 Å². The van der Waals surface area contributed by atoms with Gasteiger partial charge in [-0.1, -0.05) is 84.9 Å². The largest absolute Gasteiger partial charge is 0.480 e. The average molecular weight is 762 g/mol. The molecule has 2 amide bonds. The molecule has 0 bridgehead atoms. The standard InChI is InChI=1S/C30H33N2O4P.C9H19N5O3/c33-29(20-31-27-18-25-14-7-8-15-26(25)19-27)32-17-9-16-28(32)30(34)36-37(35,21-23-10-3-1-4-11-23)22-24-12-5-2-6-13-24;1-5(10)7(15)14-6(8(16)17)3-2-4-13-9(11)12/h1-8,10-15,27-28,31H,9,16-22H2;5-6H,2-4,10H2,1H3,(H,14,15)(H,16,17)(H4,11,12,13)/t28-;5-,6-/m00/s1. The summed E-state index contributed by atoms with van der Waals surface area (Å²) in [6.45, 7) is 2.48. The van der Waals surface area contributed by atoms with Gasteiger partial charge in [0, 0.05) is 19.1 Å². The van der Waals surface area contributed by atoms with Crippen molar-refractivity contribution in [3.8, 4) is 0 Å². The molecule has 3 atom stereocenters. The number of carbonyl (C=O) groups excluding carboxylic acids is 3. The Kier molecular flexibility index (Phi) is 15.8. The van der Waals surface area contributed by atoms with Crippen molar-refractivity contribution in [2.24, 2.45) is 22.2 Å². The smallest absolute Gasteiger partial charge is 0.333 e. The topological polar surface area (TPSA) is 233 Å². The Morgan fingerprint density at radius 2 is 1.48 bits per heavy atom. The number of fused-ring (bicyclic) bond motifs is 1. The Bertz CT molecular complexity index is 1720. The molecule has 9 N–H and O–H groups in total. The summed E-state index contributed by atoms with van der Waals surface area (Å²) in [6, 6.07) is 25.1. The van der Waals surface area contributed by atoms with E-state index in [-0.39, 0.29) is 43.2 Å². The molecule has 2 aliphatic rings. The van der Waals surface area contributed by atoms with Crippen molar-refractivity contribution in [1.82, 2.24) is 15.5 Å². The second-order valence-corrected chi connectivity index (χ2v) is 16.1. The predicted molar refractivity (Wildman–Crippen MR) is 207 cm³/mol. The van der Waals surface area contributed by atoms with Gasteiger partial charge >= 0.3 is 11.9 Å². The van der Waals surface area contributed by atoms with Gasteiger partial charge < -0.3 is 42.4 Å². The predicted octanol–water partition coefficient (Wildman–Crippen LogP) is 2.91. The summed E-state index contributed by atoms with van der Waals surface area (Å²) in [5.74, 6) is -2.33. The minimum Gasteiger partial charge on any atom is -0.480 e. The summed E-state index contributed by atoms with van der Waals surface area (Å²) in [5, 5.41) is 14.6. The van der Waals surface area contributed by atoms with Crippen LogP contribution in [0.1, 0.15) is 54.9 Å². The van der Waals surface area contributed by atoms with E-state index in [9.17, 15) is 23.7 Å². The number of nitrogens with zero attached hydrogens (tertiary/aromatic N) is 2. The SMILES string of the molecule is C[C@H](N)C(=O)N[C@@H](CCCN=C(N)N)C(=O)O.O=C(OP(=O)(Cc1ccccc1)Cc1ccccc1)[C@@H]1CCCN1C(=O)CNC1Cc2ccccc2C1. The molecule has 54 heavy (non-hydrogen) atoms. The normalized spacial score (nSPS) is 16.3. The molecule has 1 saturated heterocycles. The number of benzene rings is 3. The highest BCUT2D eigenvalue weighted by Gasteiger charge is 2.39. The monoisotopic (exact) mass is 761 g/mol. The molecule has 3 aromatic rings. The molecule has 1 aliphatic carbocycles. The summed E-state index contributed by atoms with van der Waals surface area (Å²) >= 11 is 0. The Morgan fingerprint density at radius 1 is 0.926 bits per heavy atom. The number of hydrogen-bond acceptors (Lipinski definition) is 9. The quantitative estimate of drug-likeness (QED) is 0.0538. The van der Waals surface area contributed by atoms with Crippen LogP contribution in [-0.4, -0.2) is 83.5 Å². The van der Waals surface area contributed by atoms with Crippen LogP contribution in [0.3, 0.4) is 0 Å². The van der Waals surface area contributed by atoms with Crippen LogP contribution >= 0.6 is 7.37 Å². The van der Waals surface area contributed by atoms with E-state index in [1.807, 2.05) is 72.8 Å². The van der Waals surface area contributed by atoms with Gasteiger partial charge in [0.05, 0.1) is 24.9 Å². The zero-order valence-electron chi connectivity index (χ0n) is 30.6. The number of guanidine groups is 1. The van der Waals surface area contributed by atoms with E-state index >= 15 is 0 Å². The number of carbonyl (C=O) groups is 4. The molecule has 0 unspecified atom stereocenters. The molecular weight excluding hydrogens is 709 g/mol. The number of nitrogens with two attached hydrogens (primary N) is 3. The lowest BCUT2D eigenvalue weighted by Gasteiger charge is -2.27. The van der Waals surface area contributed by atoms with Gasteiger partial charge in [0.2, 0.25) is 11.8 Å². The second-order valence-electron chi connectivity index (χ2n) is 13.6. The first-order chi connectivity index (χ1) is 25.8. The number of aliphatic imine (C=N–C) groups is 1. The Hall–Kier alpha value is -5.04. The van der Waals surface area contributed by atoms with Crippen LogP contribution in [0.2, 0.25) is 0 Å². The summed E-state index contributed by atoms with van der Waals surface area (Å²) in [4.78, 5) is 53.9. The highest BCUT2D eigenvalue weighted by atomic mass is 31.2. The number of carboxylic acid groups (broad SMARTS) is 1. The van der Waals surface area contributed by atoms with Crippen molar-refractivity contribution in [1.29, 1.82) is 0 Å². The molecule has 14 nitrogen and oxygen atoms in total. The molecule has 5 rings (SSSR count). The maximum absolute atomic E-state index is 14.0. The number of carboxylic acids is 1. The first kappa shape index (κ1) is 41.7. The van der Waals surface area contributed by atoms with Crippen LogP contribution in [0.25, 0.3) is 0 Å². The third-order valence-corrected chi connectivity index (χ3v) is 11.4. The Morgan fingerprint density at radius 3 is 2.00 bits per heavy atom. The van der Waals surface area contributed by atoms with Crippen LogP contribution in [0.5, 0.6) is 0 Å². The van der Waals surface area contributed by atoms with E-state index in [0.29, 0.717) is 25.9 Å². The fraction of sp³-hybridized carbons (Fsp3) is 0.410. The molecular formula is C39H52N7O7P. The van der Waals surface area contributed by atoms with Crippen LogP contribution in [0.4, 0.5) is 0 Å². The zero-order valence-corrected chi connectivity index (χ0v) is 31.5. The summed E-state index contributed by atoms with van der Waals surface area (Å²) in [7, 11) is -3.40. The third-order valence-electron chi connectivity index (χ3n) is 9.20. The van der Waals surface area contributed by atoms with Crippen LogP contribution in [0, 0.1) is 0 Å². The zero-order chi connectivity index (χ0) is 39.1. The van der Waals surface area contributed by atoms with Crippen LogP contribution in [0.15, 0.2) is 89.9 Å². The molecule has 290 valence electrons. The van der Waals surface area contributed by atoms with Gasteiger partial charge in [-0.05, 0) is 67.7 Å². The molecule has 1 aliphatic heterocycles. The van der Waals surface area contributed by atoms with E-state index in [1.54, 1.807) is 4.90 Å². The summed E-state index contributed by atoms with van der Waals surface area (Å²) < 4.78 is 19.9. The van der Waals surface area contributed by atoms with Gasteiger partial charge in [0.15, 0.2) is 5.96 Å². The lowest BCUT2D eigenvalue weighted by molar-refractivity contribution is -0.145. The van der Waals surface area contributed by atoms with E-state index in [2.05, 4.69) is 27.8 Å². The second kappa shape index (κ2) is 20.4. The van der Waals surface area contributed by atoms with Crippen molar-refractivity contribution < 1.29 is 33.4 Å². The molecule has 0 aromatic heterocycles. The van der Waals surface area contributed by atoms with Gasteiger partial charge in [-0.3, -0.25) is 19.1 Å². The van der Waals surface area contributed by atoms with Crippen LogP contribution in [-0.2, 0) is 53.4 Å². The van der Waals surface area contributed by atoms with E-state index in [4.69, 9.17) is 26.8 Å². The van der Waals surface area contributed by atoms with E-state index < -0.39 is 43.3 Å². The number of likely N-dealkylation sites (tertiary alicyclic amines) is 1. The van der Waals surface area contributed by atoms with Crippen molar-refractivity contribution in [2.45, 2.75) is 81.9 Å². The van der Waals surface area contributed by atoms with Gasteiger partial charge in [-0.25, -0.2) is 9.59 Å². The minimum atomic E-state index is -3.40. The minimum absolute atomic E-state index is 0.0449. The summed E-state index contributed by atoms with van der Waals surface area (Å²) in [5.41, 5.74) is 19.9. The van der Waals surface area contributed by atoms with Gasteiger partial charge in [0.1, 0.15) is 12.1 Å².